The number of piperidine rings is 1. The molecule has 8 heteroatoms. The van der Waals surface area contributed by atoms with E-state index in [0.29, 0.717) is 35.1 Å². The van der Waals surface area contributed by atoms with Gasteiger partial charge >= 0.3 is 5.69 Å². The van der Waals surface area contributed by atoms with Crippen molar-refractivity contribution < 1.29 is 0 Å². The van der Waals surface area contributed by atoms with E-state index in [1.807, 2.05) is 31.3 Å². The van der Waals surface area contributed by atoms with Gasteiger partial charge in [-0.1, -0.05) is 43.1 Å². The highest BCUT2D eigenvalue weighted by Gasteiger charge is 2.29. The second-order valence-electron chi connectivity index (χ2n) is 8.78. The third-order valence-corrected chi connectivity index (χ3v) is 7.13. The van der Waals surface area contributed by atoms with Crippen molar-refractivity contribution in [3.8, 4) is 0 Å². The topological polar surface area (TPSA) is 64.2 Å². The van der Waals surface area contributed by atoms with E-state index in [2.05, 4.69) is 21.7 Å². The van der Waals surface area contributed by atoms with Gasteiger partial charge in [-0.2, -0.15) is 0 Å². The summed E-state index contributed by atoms with van der Waals surface area (Å²) in [6.45, 7) is 5.15. The van der Waals surface area contributed by atoms with Crippen molar-refractivity contribution in [3.05, 3.63) is 61.3 Å². The Bertz CT molecular complexity index is 1260. The summed E-state index contributed by atoms with van der Waals surface area (Å²) in [5.41, 5.74) is 2.60. The van der Waals surface area contributed by atoms with Crippen molar-refractivity contribution in [1.29, 1.82) is 0 Å². The molecule has 1 unspecified atom stereocenters. The second-order valence-corrected chi connectivity index (χ2v) is 9.18. The molecule has 1 atom stereocenters. The first-order valence-corrected chi connectivity index (χ1v) is 11.7. The fourth-order valence-electron chi connectivity index (χ4n) is 5.03. The Morgan fingerprint density at radius 1 is 1.12 bits per heavy atom. The summed E-state index contributed by atoms with van der Waals surface area (Å²) in [6, 6.07) is 7.74. The lowest BCUT2D eigenvalue weighted by atomic mass is 9.95. The van der Waals surface area contributed by atoms with Gasteiger partial charge in [-0.3, -0.25) is 13.9 Å². The van der Waals surface area contributed by atoms with Crippen molar-refractivity contribution >= 4 is 28.5 Å². The molecule has 0 radical (unpaired) electrons. The molecule has 3 heterocycles. The summed E-state index contributed by atoms with van der Waals surface area (Å²) in [5, 5.41) is 3.93. The van der Waals surface area contributed by atoms with E-state index in [-0.39, 0.29) is 11.2 Å². The van der Waals surface area contributed by atoms with Gasteiger partial charge in [0.25, 0.3) is 5.56 Å². The number of nitrogens with zero attached hydrogens (tertiary/aromatic N) is 4. The molecule has 0 bridgehead atoms. The largest absolute Gasteiger partial charge is 0.357 e. The van der Waals surface area contributed by atoms with Crippen LogP contribution in [-0.4, -0.2) is 33.8 Å². The van der Waals surface area contributed by atoms with Gasteiger partial charge < -0.3 is 14.8 Å². The monoisotopic (exact) mass is 457 g/mol. The standard InChI is InChI=1S/C24H32ClN5O2/c1-5-16-9-8-12-29(14-16)22-18(13-26-2)20-21(23(31)28(4)24(32)27(20)3)30(22)15-17-10-6-7-11-19(17)25/h6-7,10-11,16,26H,5,8-9,12-15H2,1-4H3. The molecule has 0 saturated carbocycles. The minimum absolute atomic E-state index is 0.275. The molecule has 7 nitrogen and oxygen atoms in total. The van der Waals surface area contributed by atoms with E-state index < -0.39 is 0 Å². The number of hydrogen-bond donors (Lipinski definition) is 1. The van der Waals surface area contributed by atoms with Crippen LogP contribution in [0.2, 0.25) is 5.02 Å². The van der Waals surface area contributed by atoms with E-state index in [4.69, 9.17) is 11.6 Å². The van der Waals surface area contributed by atoms with Crippen LogP contribution >= 0.6 is 11.6 Å². The van der Waals surface area contributed by atoms with Crippen LogP contribution in [0.4, 0.5) is 5.82 Å². The zero-order valence-corrected chi connectivity index (χ0v) is 20.1. The molecule has 3 aromatic rings. The van der Waals surface area contributed by atoms with Gasteiger partial charge in [0.1, 0.15) is 11.3 Å². The summed E-state index contributed by atoms with van der Waals surface area (Å²) in [7, 11) is 5.19. The zero-order valence-electron chi connectivity index (χ0n) is 19.3. The molecule has 2 aromatic heterocycles. The predicted molar refractivity (Wildman–Crippen MR) is 131 cm³/mol. The van der Waals surface area contributed by atoms with E-state index in [1.165, 1.54) is 11.0 Å². The number of aromatic nitrogens is 3. The first-order chi connectivity index (χ1) is 15.4. The maximum absolute atomic E-state index is 13.4. The number of aryl methyl sites for hydroxylation is 1. The van der Waals surface area contributed by atoms with Gasteiger partial charge in [0.2, 0.25) is 0 Å². The van der Waals surface area contributed by atoms with Crippen LogP contribution in [0.15, 0.2) is 33.9 Å². The number of benzene rings is 1. The van der Waals surface area contributed by atoms with Gasteiger partial charge in [-0.15, -0.1) is 0 Å². The van der Waals surface area contributed by atoms with Gasteiger partial charge in [-0.25, -0.2) is 4.79 Å². The lowest BCUT2D eigenvalue weighted by Crippen LogP contribution is -2.38. The average Bonchev–Trinajstić information content (AvgIpc) is 3.11. The maximum Gasteiger partial charge on any atom is 0.331 e. The molecular formula is C24H32ClN5O2. The molecule has 0 amide bonds. The summed E-state index contributed by atoms with van der Waals surface area (Å²) in [6.07, 6.45) is 3.46. The highest BCUT2D eigenvalue weighted by Crippen LogP contribution is 2.35. The van der Waals surface area contributed by atoms with Gasteiger partial charge in [-0.05, 0) is 37.4 Å². The third-order valence-electron chi connectivity index (χ3n) is 6.76. The Morgan fingerprint density at radius 2 is 1.88 bits per heavy atom. The number of fused-ring (bicyclic) bond motifs is 1. The average molecular weight is 458 g/mol. The smallest absolute Gasteiger partial charge is 0.331 e. The third kappa shape index (κ3) is 3.77. The number of rotatable bonds is 6. The summed E-state index contributed by atoms with van der Waals surface area (Å²) < 4.78 is 4.89. The highest BCUT2D eigenvalue weighted by molar-refractivity contribution is 6.31. The Kier molecular flexibility index (Phi) is 6.49. The normalized spacial score (nSPS) is 16.8. The lowest BCUT2D eigenvalue weighted by molar-refractivity contribution is 0.400. The summed E-state index contributed by atoms with van der Waals surface area (Å²) >= 11 is 6.53. The minimum Gasteiger partial charge on any atom is -0.357 e. The van der Waals surface area contributed by atoms with Gasteiger partial charge in [0.05, 0.1) is 12.1 Å². The van der Waals surface area contributed by atoms with E-state index in [9.17, 15) is 9.59 Å². The highest BCUT2D eigenvalue weighted by atomic mass is 35.5. The van der Waals surface area contributed by atoms with Crippen LogP contribution in [0, 0.1) is 5.92 Å². The Morgan fingerprint density at radius 3 is 2.56 bits per heavy atom. The van der Waals surface area contributed by atoms with Crippen LogP contribution in [-0.2, 0) is 27.2 Å². The molecule has 1 fully saturated rings. The molecule has 4 rings (SSSR count). The Balaban J connectivity index is 2.06. The number of halogens is 1. The van der Waals surface area contributed by atoms with Gasteiger partial charge in [0, 0.05) is 44.3 Å². The zero-order chi connectivity index (χ0) is 23.0. The SMILES string of the molecule is CCC1CCCN(c2c(CNC)c3c(c(=O)n(C)c(=O)n3C)n2Cc2ccccc2Cl)C1. The lowest BCUT2D eigenvalue weighted by Gasteiger charge is -2.35. The molecule has 1 aliphatic heterocycles. The van der Waals surface area contributed by atoms with Crippen LogP contribution < -0.4 is 21.5 Å². The number of nitrogens with one attached hydrogen (secondary N) is 1. The Hall–Kier alpha value is -2.51. The molecule has 1 N–H and O–H groups in total. The second kappa shape index (κ2) is 9.16. The predicted octanol–water partition coefficient (Wildman–Crippen LogP) is 3.09. The van der Waals surface area contributed by atoms with Gasteiger partial charge in [0.15, 0.2) is 0 Å². The van der Waals surface area contributed by atoms with Crippen molar-refractivity contribution in [1.82, 2.24) is 19.0 Å². The summed E-state index contributed by atoms with van der Waals surface area (Å²) in [4.78, 5) is 28.7. The fraction of sp³-hybridized carbons (Fsp3) is 0.500. The molecular weight excluding hydrogens is 426 g/mol. The van der Waals surface area contributed by atoms with Crippen molar-refractivity contribution in [2.75, 3.05) is 25.0 Å². The van der Waals surface area contributed by atoms with Crippen LogP contribution in [0.3, 0.4) is 0 Å². The van der Waals surface area contributed by atoms with E-state index in [0.717, 1.165) is 42.9 Å². The molecule has 0 spiro atoms. The first kappa shape index (κ1) is 22.7. The van der Waals surface area contributed by atoms with Crippen molar-refractivity contribution in [2.45, 2.75) is 39.3 Å². The molecule has 1 saturated heterocycles. The quantitative estimate of drug-likeness (QED) is 0.617. The number of hydrogen-bond acceptors (Lipinski definition) is 4. The molecule has 172 valence electrons. The molecule has 1 aliphatic rings. The van der Waals surface area contributed by atoms with Crippen molar-refractivity contribution in [3.63, 3.8) is 0 Å². The van der Waals surface area contributed by atoms with Crippen LogP contribution in [0.25, 0.3) is 11.0 Å². The molecule has 0 aliphatic carbocycles. The minimum atomic E-state index is -0.314. The fourth-order valence-corrected chi connectivity index (χ4v) is 5.23. The first-order valence-electron chi connectivity index (χ1n) is 11.3. The van der Waals surface area contributed by atoms with Crippen LogP contribution in [0.5, 0.6) is 0 Å². The van der Waals surface area contributed by atoms with Crippen molar-refractivity contribution in [2.24, 2.45) is 20.0 Å². The number of anilines is 1. The molecule has 32 heavy (non-hydrogen) atoms. The molecule has 1 aromatic carbocycles. The van der Waals surface area contributed by atoms with E-state index in [1.54, 1.807) is 18.7 Å². The summed E-state index contributed by atoms with van der Waals surface area (Å²) in [5.74, 6) is 1.63. The maximum atomic E-state index is 13.4. The van der Waals surface area contributed by atoms with Crippen LogP contribution in [0.1, 0.15) is 37.3 Å². The van der Waals surface area contributed by atoms with E-state index >= 15 is 0 Å². The Labute approximate surface area is 193 Å².